The first kappa shape index (κ1) is 19.2. The van der Waals surface area contributed by atoms with E-state index in [2.05, 4.69) is 21.8 Å². The topological polar surface area (TPSA) is 67.8 Å². The van der Waals surface area contributed by atoms with E-state index in [0.717, 1.165) is 12.8 Å². The Kier molecular flexibility index (Phi) is 5.65. The summed E-state index contributed by atoms with van der Waals surface area (Å²) in [6.45, 7) is 3.79. The van der Waals surface area contributed by atoms with Crippen LogP contribution >= 0.6 is 0 Å². The fourth-order valence-corrected chi connectivity index (χ4v) is 4.61. The molecule has 1 heterocycles. The van der Waals surface area contributed by atoms with Crippen molar-refractivity contribution < 1.29 is 13.2 Å². The average molecular weight is 385 g/mol. The molecule has 0 saturated heterocycles. The number of amidine groups is 1. The van der Waals surface area contributed by atoms with Gasteiger partial charge in [-0.05, 0) is 62.1 Å². The number of nitrogens with zero attached hydrogens (tertiary/aromatic N) is 1. The molecule has 27 heavy (non-hydrogen) atoms. The number of hydrogen-bond acceptors (Lipinski definition) is 4. The third kappa shape index (κ3) is 4.39. The van der Waals surface area contributed by atoms with Crippen LogP contribution in [0.3, 0.4) is 0 Å². The maximum atomic E-state index is 12.6. The smallest absolute Gasteiger partial charge is 0.264 e. The standard InChI is InChI=1S/C21H24N2O3S/c1-15(9-10-17-7-5-4-6-8-17)22-21-16(2)20(27(24,25)23-21)18-11-13-19(26-3)14-12-18/h4-8,11-15H,9-10H2,1-3H3,(H,22,23)/t15-/m1/s1. The number of ether oxygens (including phenoxy) is 1. The highest BCUT2D eigenvalue weighted by Crippen LogP contribution is 2.31. The Bertz CT molecular complexity index is 962. The molecule has 0 unspecified atom stereocenters. The highest BCUT2D eigenvalue weighted by Gasteiger charge is 2.32. The molecule has 5 nitrogen and oxygen atoms in total. The van der Waals surface area contributed by atoms with Crippen molar-refractivity contribution in [2.75, 3.05) is 7.11 Å². The van der Waals surface area contributed by atoms with Crippen LogP contribution in [0.2, 0.25) is 0 Å². The van der Waals surface area contributed by atoms with E-state index in [1.807, 2.05) is 25.1 Å². The van der Waals surface area contributed by atoms with E-state index < -0.39 is 10.0 Å². The molecule has 2 aromatic rings. The zero-order valence-corrected chi connectivity index (χ0v) is 16.6. The molecule has 3 rings (SSSR count). The quantitative estimate of drug-likeness (QED) is 0.824. The summed E-state index contributed by atoms with van der Waals surface area (Å²) in [5.74, 6) is 1.12. The lowest BCUT2D eigenvalue weighted by Gasteiger charge is -2.08. The van der Waals surface area contributed by atoms with Crippen LogP contribution in [0.4, 0.5) is 0 Å². The van der Waals surface area contributed by atoms with Crippen molar-refractivity contribution in [1.82, 2.24) is 4.72 Å². The van der Waals surface area contributed by atoms with Crippen LogP contribution in [-0.4, -0.2) is 27.4 Å². The van der Waals surface area contributed by atoms with Gasteiger partial charge in [0.25, 0.3) is 10.0 Å². The summed E-state index contributed by atoms with van der Waals surface area (Å²) < 4.78 is 33.0. The molecule has 0 saturated carbocycles. The molecule has 142 valence electrons. The van der Waals surface area contributed by atoms with E-state index in [1.54, 1.807) is 38.3 Å². The van der Waals surface area contributed by atoms with E-state index in [4.69, 9.17) is 4.74 Å². The number of nitrogens with one attached hydrogen (secondary N) is 1. The van der Waals surface area contributed by atoms with Gasteiger partial charge in [-0.3, -0.25) is 9.71 Å². The van der Waals surface area contributed by atoms with Crippen LogP contribution in [0.5, 0.6) is 5.75 Å². The highest BCUT2D eigenvalue weighted by atomic mass is 32.2. The van der Waals surface area contributed by atoms with Crippen LogP contribution in [0, 0.1) is 0 Å². The van der Waals surface area contributed by atoms with Gasteiger partial charge in [0.15, 0.2) is 0 Å². The van der Waals surface area contributed by atoms with E-state index >= 15 is 0 Å². The first-order valence-corrected chi connectivity index (χ1v) is 10.4. The van der Waals surface area contributed by atoms with Gasteiger partial charge in [0.2, 0.25) is 0 Å². The Labute approximate surface area is 160 Å². The Morgan fingerprint density at radius 1 is 1.07 bits per heavy atom. The summed E-state index contributed by atoms with van der Waals surface area (Å²) >= 11 is 0. The number of sulfonamides is 1. The molecule has 2 aromatic carbocycles. The average Bonchev–Trinajstić information content (AvgIpc) is 2.89. The summed E-state index contributed by atoms with van der Waals surface area (Å²) in [5.41, 5.74) is 2.53. The molecule has 1 atom stereocenters. The van der Waals surface area contributed by atoms with Crippen molar-refractivity contribution >= 4 is 20.8 Å². The van der Waals surface area contributed by atoms with E-state index in [0.29, 0.717) is 22.7 Å². The predicted octanol–water partition coefficient (Wildman–Crippen LogP) is 3.78. The minimum absolute atomic E-state index is 0.00748. The zero-order chi connectivity index (χ0) is 19.4. The summed E-state index contributed by atoms with van der Waals surface area (Å²) in [6.07, 6.45) is 1.75. The molecule has 0 fully saturated rings. The first-order valence-electron chi connectivity index (χ1n) is 8.91. The minimum atomic E-state index is -3.61. The molecule has 1 aliphatic rings. The van der Waals surface area contributed by atoms with Gasteiger partial charge in [-0.1, -0.05) is 30.3 Å². The number of aliphatic imine (C=N–C) groups is 1. The second-order valence-electron chi connectivity index (χ2n) is 6.64. The fraction of sp³-hybridized carbons (Fsp3) is 0.286. The van der Waals surface area contributed by atoms with Gasteiger partial charge in [-0.25, -0.2) is 8.42 Å². The van der Waals surface area contributed by atoms with Crippen LogP contribution in [-0.2, 0) is 16.4 Å². The van der Waals surface area contributed by atoms with Gasteiger partial charge in [0.05, 0.1) is 7.11 Å². The van der Waals surface area contributed by atoms with Crippen molar-refractivity contribution in [3.63, 3.8) is 0 Å². The van der Waals surface area contributed by atoms with Crippen molar-refractivity contribution in [1.29, 1.82) is 0 Å². The lowest BCUT2D eigenvalue weighted by atomic mass is 10.1. The SMILES string of the molecule is COc1ccc(C2=C(C)C(=N[C@H](C)CCc3ccccc3)NS2(=O)=O)cc1. The summed E-state index contributed by atoms with van der Waals surface area (Å²) in [4.78, 5) is 4.90. The van der Waals surface area contributed by atoms with Gasteiger partial charge < -0.3 is 4.74 Å². The molecule has 0 radical (unpaired) electrons. The Hall–Kier alpha value is -2.60. The predicted molar refractivity (Wildman–Crippen MR) is 109 cm³/mol. The number of aryl methyl sites for hydroxylation is 1. The number of hydrogen-bond donors (Lipinski definition) is 1. The molecule has 0 aromatic heterocycles. The normalized spacial score (nSPS) is 18.4. The zero-order valence-electron chi connectivity index (χ0n) is 15.8. The third-order valence-electron chi connectivity index (χ3n) is 4.59. The minimum Gasteiger partial charge on any atom is -0.497 e. The molecule has 0 spiro atoms. The molecule has 0 aliphatic carbocycles. The van der Waals surface area contributed by atoms with Gasteiger partial charge in [0, 0.05) is 11.6 Å². The Balaban J connectivity index is 1.81. The maximum absolute atomic E-state index is 12.6. The first-order chi connectivity index (χ1) is 12.9. The molecular formula is C21H24N2O3S. The van der Waals surface area contributed by atoms with E-state index in [1.165, 1.54) is 5.56 Å². The van der Waals surface area contributed by atoms with Crippen molar-refractivity contribution in [3.8, 4) is 5.75 Å². The van der Waals surface area contributed by atoms with Gasteiger partial charge in [-0.15, -0.1) is 0 Å². The number of benzene rings is 2. The van der Waals surface area contributed by atoms with Crippen molar-refractivity contribution in [3.05, 3.63) is 71.3 Å². The lowest BCUT2D eigenvalue weighted by molar-refractivity contribution is 0.415. The highest BCUT2D eigenvalue weighted by molar-refractivity contribution is 8.00. The second kappa shape index (κ2) is 7.96. The largest absolute Gasteiger partial charge is 0.497 e. The third-order valence-corrected chi connectivity index (χ3v) is 6.13. The van der Waals surface area contributed by atoms with Crippen LogP contribution in [0.15, 0.2) is 65.2 Å². The molecule has 1 aliphatic heterocycles. The molecule has 6 heteroatoms. The summed E-state index contributed by atoms with van der Waals surface area (Å²) in [7, 11) is -2.03. The van der Waals surface area contributed by atoms with Crippen LogP contribution in [0.25, 0.3) is 4.91 Å². The van der Waals surface area contributed by atoms with Crippen molar-refractivity contribution in [2.45, 2.75) is 32.7 Å². The molecule has 1 N–H and O–H groups in total. The monoisotopic (exact) mass is 384 g/mol. The van der Waals surface area contributed by atoms with Gasteiger partial charge in [0.1, 0.15) is 16.5 Å². The Morgan fingerprint density at radius 2 is 1.74 bits per heavy atom. The molecule has 0 bridgehead atoms. The van der Waals surface area contributed by atoms with E-state index in [9.17, 15) is 8.42 Å². The number of methoxy groups -OCH3 is 1. The fourth-order valence-electron chi connectivity index (χ4n) is 3.11. The van der Waals surface area contributed by atoms with Gasteiger partial charge in [-0.2, -0.15) is 0 Å². The van der Waals surface area contributed by atoms with E-state index in [-0.39, 0.29) is 10.9 Å². The molecular weight excluding hydrogens is 360 g/mol. The maximum Gasteiger partial charge on any atom is 0.264 e. The van der Waals surface area contributed by atoms with Crippen LogP contribution in [0.1, 0.15) is 31.4 Å². The summed E-state index contributed by atoms with van der Waals surface area (Å²) in [5, 5.41) is 0. The van der Waals surface area contributed by atoms with Crippen LogP contribution < -0.4 is 9.46 Å². The summed E-state index contributed by atoms with van der Waals surface area (Å²) in [6, 6.07) is 17.2. The number of rotatable bonds is 6. The van der Waals surface area contributed by atoms with Crippen molar-refractivity contribution in [2.24, 2.45) is 4.99 Å². The molecule has 0 amide bonds. The Morgan fingerprint density at radius 3 is 2.37 bits per heavy atom. The second-order valence-corrected chi connectivity index (χ2v) is 8.26. The lowest BCUT2D eigenvalue weighted by Crippen LogP contribution is -2.25. The van der Waals surface area contributed by atoms with Gasteiger partial charge >= 0.3 is 0 Å².